The highest BCUT2D eigenvalue weighted by atomic mass is 32.2. The second-order valence-electron chi connectivity index (χ2n) is 12.7. The molecule has 0 aromatic rings. The number of rotatable bonds is 23. The molecule has 1 aliphatic heterocycles. The van der Waals surface area contributed by atoms with Gasteiger partial charge in [-0.1, -0.05) is 6.92 Å². The van der Waals surface area contributed by atoms with Crippen LogP contribution in [-0.2, 0) is 52.4 Å². The number of halogens is 12. The highest BCUT2D eigenvalue weighted by Gasteiger charge is 2.89. The molecule has 338 valence electrons. The number of aliphatic hydroxyl groups is 2. The van der Waals surface area contributed by atoms with E-state index in [4.69, 9.17) is 28.4 Å². The summed E-state index contributed by atoms with van der Waals surface area (Å²) in [6.07, 6.45) is -13.9. The van der Waals surface area contributed by atoms with Gasteiger partial charge in [-0.25, -0.2) is 0 Å². The Morgan fingerprint density at radius 3 is 1.57 bits per heavy atom. The number of hydrogen-bond acceptors (Lipinski definition) is 14. The molecule has 14 nitrogen and oxygen atoms in total. The van der Waals surface area contributed by atoms with Crippen molar-refractivity contribution in [1.29, 1.82) is 0 Å². The zero-order valence-corrected chi connectivity index (χ0v) is 31.9. The number of alkyl halides is 12. The third-order valence-corrected chi connectivity index (χ3v) is 9.05. The standard InChI is InChI=1S/C31H41F12NO13S/c1-6-26(32,33)28(36,37)30(40,41)31(42,43)29(38,39)27(34,35)8-10-58-9-7-20(51)44-25(12-45,13-46)14-53-24-23(56-18(5)50)22(55-17(4)49)21(54-16(3)48)19(57-24)11-52-15(2)47/h19,21-24,45-46H,6-14H2,1-5H3,(H,44,51)/t19-,21+,22+,23-,24-/m1/s1. The molecule has 5 atom stereocenters. The monoisotopic (exact) mass is 895 g/mol. The number of esters is 4. The maximum absolute atomic E-state index is 14.2. The molecular formula is C31H41F12NO13S. The minimum Gasteiger partial charge on any atom is -0.463 e. The van der Waals surface area contributed by atoms with Crippen LogP contribution in [0.25, 0.3) is 0 Å². The van der Waals surface area contributed by atoms with Crippen LogP contribution < -0.4 is 5.32 Å². The number of carbonyl (C=O) groups is 5. The van der Waals surface area contributed by atoms with Crippen molar-refractivity contribution in [2.45, 2.75) is 126 Å². The number of carbonyl (C=O) groups excluding carboxylic acids is 5. The highest BCUT2D eigenvalue weighted by molar-refractivity contribution is 7.99. The molecule has 1 heterocycles. The summed E-state index contributed by atoms with van der Waals surface area (Å²) < 4.78 is 198. The fourth-order valence-electron chi connectivity index (χ4n) is 4.88. The lowest BCUT2D eigenvalue weighted by atomic mass is 9.90. The Morgan fingerprint density at radius 2 is 1.12 bits per heavy atom. The van der Waals surface area contributed by atoms with E-state index in [0.717, 1.165) is 27.7 Å². The summed E-state index contributed by atoms with van der Waals surface area (Å²) in [4.78, 5) is 60.1. The van der Waals surface area contributed by atoms with Crippen molar-refractivity contribution in [3.63, 3.8) is 0 Å². The fourth-order valence-corrected chi connectivity index (χ4v) is 5.81. The molecule has 58 heavy (non-hydrogen) atoms. The van der Waals surface area contributed by atoms with Crippen LogP contribution in [0.4, 0.5) is 52.7 Å². The molecule has 0 unspecified atom stereocenters. The zero-order valence-electron chi connectivity index (χ0n) is 31.1. The number of ether oxygens (including phenoxy) is 6. The highest BCUT2D eigenvalue weighted by Crippen LogP contribution is 2.61. The van der Waals surface area contributed by atoms with Crippen LogP contribution >= 0.6 is 11.8 Å². The van der Waals surface area contributed by atoms with Gasteiger partial charge >= 0.3 is 59.4 Å². The maximum Gasteiger partial charge on any atom is 0.384 e. The van der Waals surface area contributed by atoms with Crippen LogP contribution in [0.5, 0.6) is 0 Å². The minimum atomic E-state index is -7.70. The molecular weight excluding hydrogens is 854 g/mol. The van der Waals surface area contributed by atoms with Gasteiger partial charge in [-0.15, -0.1) is 0 Å². The molecule has 0 aromatic heterocycles. The van der Waals surface area contributed by atoms with Gasteiger partial charge in [-0.3, -0.25) is 24.0 Å². The van der Waals surface area contributed by atoms with Crippen molar-refractivity contribution in [3.05, 3.63) is 0 Å². The van der Waals surface area contributed by atoms with Gasteiger partial charge in [-0.05, 0) is 5.75 Å². The smallest absolute Gasteiger partial charge is 0.384 e. The summed E-state index contributed by atoms with van der Waals surface area (Å²) in [6.45, 7) is -0.0618. The second-order valence-corrected chi connectivity index (χ2v) is 13.9. The maximum atomic E-state index is 14.2. The van der Waals surface area contributed by atoms with Gasteiger partial charge in [-0.2, -0.15) is 64.4 Å². The first-order valence-corrected chi connectivity index (χ1v) is 17.8. The van der Waals surface area contributed by atoms with E-state index < -0.39 is 159 Å². The van der Waals surface area contributed by atoms with Crippen LogP contribution in [0, 0.1) is 0 Å². The molecule has 27 heteroatoms. The SMILES string of the molecule is CCC(F)(F)C(F)(F)C(F)(F)C(F)(F)C(F)(F)C(F)(F)CCSCCC(=O)NC(CO)(CO)CO[C@@H]1O[C@H](COC(C)=O)[C@H](OC(C)=O)[C@H](OC(C)=O)[C@H]1OC(C)=O. The lowest BCUT2D eigenvalue weighted by Gasteiger charge is -2.44. The lowest BCUT2D eigenvalue weighted by molar-refractivity contribution is -0.425. The molecule has 1 saturated heterocycles. The van der Waals surface area contributed by atoms with Crippen LogP contribution in [-0.4, -0.2) is 150 Å². The fraction of sp³-hybridized carbons (Fsp3) is 0.839. The van der Waals surface area contributed by atoms with Crippen molar-refractivity contribution in [2.24, 2.45) is 0 Å². The van der Waals surface area contributed by atoms with Gasteiger partial charge in [0, 0.05) is 52.7 Å². The molecule has 1 amide bonds. The Bertz CT molecular complexity index is 1440. The Morgan fingerprint density at radius 1 is 0.655 bits per heavy atom. The van der Waals surface area contributed by atoms with Crippen molar-refractivity contribution < 1.29 is 115 Å². The third kappa shape index (κ3) is 12.1. The molecule has 0 bridgehead atoms. The van der Waals surface area contributed by atoms with E-state index in [9.17, 15) is 86.9 Å². The topological polar surface area (TPSA) is 193 Å². The molecule has 1 rings (SSSR count). The summed E-state index contributed by atoms with van der Waals surface area (Å²) >= 11 is 0.143. The van der Waals surface area contributed by atoms with Crippen LogP contribution in [0.15, 0.2) is 0 Å². The van der Waals surface area contributed by atoms with Crippen molar-refractivity contribution in [2.75, 3.05) is 37.9 Å². The quantitative estimate of drug-likeness (QED) is 0.0583. The van der Waals surface area contributed by atoms with E-state index in [2.05, 4.69) is 5.32 Å². The lowest BCUT2D eigenvalue weighted by Crippen LogP contribution is -2.70. The first kappa shape index (κ1) is 52.7. The molecule has 0 aliphatic carbocycles. The predicted molar refractivity (Wildman–Crippen MR) is 169 cm³/mol. The van der Waals surface area contributed by atoms with Gasteiger partial charge in [0.1, 0.15) is 18.2 Å². The Hall–Kier alpha value is -3.30. The number of aliphatic hydroxyl groups excluding tert-OH is 2. The summed E-state index contributed by atoms with van der Waals surface area (Å²) in [7, 11) is 0. The van der Waals surface area contributed by atoms with Crippen LogP contribution in [0.2, 0.25) is 0 Å². The van der Waals surface area contributed by atoms with E-state index in [1.54, 1.807) is 0 Å². The molecule has 1 aliphatic rings. The molecule has 0 radical (unpaired) electrons. The second kappa shape index (κ2) is 20.3. The average Bonchev–Trinajstić information content (AvgIpc) is 3.10. The van der Waals surface area contributed by atoms with Crippen molar-refractivity contribution in [1.82, 2.24) is 5.32 Å². The predicted octanol–water partition coefficient (Wildman–Crippen LogP) is 3.66. The minimum absolute atomic E-state index is 0.126. The molecule has 1 fully saturated rings. The first-order chi connectivity index (χ1) is 26.3. The Kier molecular flexibility index (Phi) is 18.5. The molecule has 0 saturated carbocycles. The van der Waals surface area contributed by atoms with Crippen molar-refractivity contribution in [3.8, 4) is 0 Å². The number of nitrogens with one attached hydrogen (secondary N) is 1. The first-order valence-electron chi connectivity index (χ1n) is 16.6. The van der Waals surface area contributed by atoms with E-state index >= 15 is 0 Å². The summed E-state index contributed by atoms with van der Waals surface area (Å²) in [5.41, 5.74) is -2.19. The number of thioether (sulfide) groups is 1. The van der Waals surface area contributed by atoms with Gasteiger partial charge in [0.2, 0.25) is 5.91 Å². The van der Waals surface area contributed by atoms with Gasteiger partial charge in [0.05, 0.1) is 19.8 Å². The Balaban J connectivity index is 3.11. The van der Waals surface area contributed by atoms with E-state index in [1.165, 1.54) is 0 Å². The number of amides is 1. The molecule has 0 spiro atoms. The normalized spacial score (nSPS) is 21.2. The summed E-state index contributed by atoms with van der Waals surface area (Å²) in [5, 5.41) is 22.2. The van der Waals surface area contributed by atoms with E-state index in [1.807, 2.05) is 0 Å². The summed E-state index contributed by atoms with van der Waals surface area (Å²) in [6, 6.07) is 0. The van der Waals surface area contributed by atoms with Crippen molar-refractivity contribution >= 4 is 41.5 Å². The van der Waals surface area contributed by atoms with E-state index in [-0.39, 0.29) is 18.7 Å². The summed E-state index contributed by atoms with van der Waals surface area (Å²) in [5.74, 6) is -49.0. The molecule has 3 N–H and O–H groups in total. The van der Waals surface area contributed by atoms with Gasteiger partial charge in [0.15, 0.2) is 24.6 Å². The largest absolute Gasteiger partial charge is 0.463 e. The molecule has 0 aromatic carbocycles. The van der Waals surface area contributed by atoms with E-state index in [0.29, 0.717) is 0 Å². The Labute approximate surface area is 325 Å². The number of hydrogen-bond donors (Lipinski definition) is 3. The third-order valence-electron chi connectivity index (χ3n) is 8.06. The van der Waals surface area contributed by atoms with Crippen LogP contribution in [0.1, 0.15) is 53.9 Å². The van der Waals surface area contributed by atoms with Gasteiger partial charge in [0.25, 0.3) is 0 Å². The van der Waals surface area contributed by atoms with Gasteiger partial charge < -0.3 is 44.0 Å². The van der Waals surface area contributed by atoms with Crippen LogP contribution in [0.3, 0.4) is 0 Å². The zero-order chi connectivity index (χ0) is 45.3. The average molecular weight is 896 g/mol.